The van der Waals surface area contributed by atoms with Crippen molar-refractivity contribution < 1.29 is 19.1 Å². The molecule has 4 aromatic rings. The zero-order valence-corrected chi connectivity index (χ0v) is 25.6. The quantitative estimate of drug-likeness (QED) is 0.235. The number of carbonyl (C=O) groups excluding carboxylic acids is 2. The van der Waals surface area contributed by atoms with Crippen LogP contribution in [0.15, 0.2) is 98.1 Å². The highest BCUT2D eigenvalue weighted by atomic mass is 16.5. The van der Waals surface area contributed by atoms with E-state index in [9.17, 15) is 9.59 Å². The van der Waals surface area contributed by atoms with Crippen LogP contribution in [0.2, 0.25) is 0 Å². The fraction of sp³-hybridized carbons (Fsp3) is 0.278. The van der Waals surface area contributed by atoms with Crippen LogP contribution in [0.5, 0.6) is 11.5 Å². The first-order valence-electron chi connectivity index (χ1n) is 15.6. The molecule has 0 aliphatic carbocycles. The van der Waals surface area contributed by atoms with Crippen LogP contribution in [0.3, 0.4) is 0 Å². The zero-order chi connectivity index (χ0) is 31.7. The van der Waals surface area contributed by atoms with Crippen LogP contribution < -0.4 is 9.47 Å². The van der Waals surface area contributed by atoms with Crippen molar-refractivity contribution in [3.63, 3.8) is 0 Å². The SMILES string of the molecule is C=CC(=O)N1CCC(Oc2ccc(-c3cnnc(/C=C/C(=O)N4CCC(Oc5ccc(-c6ccncn6)cc5)CC4)c3)cc2)CC1. The first-order chi connectivity index (χ1) is 22.5. The molecule has 2 fully saturated rings. The van der Waals surface area contributed by atoms with Crippen molar-refractivity contribution in [3.05, 3.63) is 104 Å². The van der Waals surface area contributed by atoms with Crippen LogP contribution in [0, 0.1) is 0 Å². The summed E-state index contributed by atoms with van der Waals surface area (Å²) >= 11 is 0. The second-order valence-electron chi connectivity index (χ2n) is 11.3. The average molecular weight is 617 g/mol. The number of amides is 2. The molecule has 0 saturated carbocycles. The van der Waals surface area contributed by atoms with Crippen molar-refractivity contribution in [2.24, 2.45) is 0 Å². The highest BCUT2D eigenvalue weighted by Crippen LogP contribution is 2.26. The maximum atomic E-state index is 12.9. The Morgan fingerprint density at radius 2 is 1.35 bits per heavy atom. The number of ether oxygens (including phenoxy) is 2. The summed E-state index contributed by atoms with van der Waals surface area (Å²) in [5, 5.41) is 8.34. The summed E-state index contributed by atoms with van der Waals surface area (Å²) in [6.07, 6.45) is 12.8. The Bertz CT molecular complexity index is 1660. The zero-order valence-electron chi connectivity index (χ0n) is 25.6. The summed E-state index contributed by atoms with van der Waals surface area (Å²) in [7, 11) is 0. The lowest BCUT2D eigenvalue weighted by molar-refractivity contribution is -0.128. The third kappa shape index (κ3) is 7.82. The van der Waals surface area contributed by atoms with Crippen LogP contribution in [0.4, 0.5) is 0 Å². The van der Waals surface area contributed by atoms with Crippen LogP contribution in [-0.2, 0) is 9.59 Å². The van der Waals surface area contributed by atoms with E-state index < -0.39 is 0 Å². The molecular weight excluding hydrogens is 580 g/mol. The Labute approximate surface area is 268 Å². The fourth-order valence-electron chi connectivity index (χ4n) is 5.68. The van der Waals surface area contributed by atoms with E-state index in [1.165, 1.54) is 12.4 Å². The monoisotopic (exact) mass is 616 g/mol. The molecule has 2 aromatic carbocycles. The summed E-state index contributed by atoms with van der Waals surface area (Å²) in [6, 6.07) is 19.5. The van der Waals surface area contributed by atoms with Crippen molar-refractivity contribution in [2.45, 2.75) is 37.9 Å². The fourth-order valence-corrected chi connectivity index (χ4v) is 5.68. The summed E-state index contributed by atoms with van der Waals surface area (Å²) in [5.74, 6) is 1.51. The summed E-state index contributed by atoms with van der Waals surface area (Å²) in [4.78, 5) is 36.6. The summed E-state index contributed by atoms with van der Waals surface area (Å²) in [6.45, 7) is 6.15. The molecular formula is C36H36N6O4. The van der Waals surface area contributed by atoms with E-state index in [4.69, 9.17) is 9.47 Å². The number of likely N-dealkylation sites (tertiary alicyclic amines) is 2. The molecule has 10 heteroatoms. The van der Waals surface area contributed by atoms with Crippen LogP contribution >= 0.6 is 0 Å². The topological polar surface area (TPSA) is 111 Å². The number of aromatic nitrogens is 4. The van der Waals surface area contributed by atoms with Gasteiger partial charge in [-0.2, -0.15) is 10.2 Å². The second kappa shape index (κ2) is 14.6. The van der Waals surface area contributed by atoms with Crippen molar-refractivity contribution in [1.29, 1.82) is 0 Å². The minimum Gasteiger partial charge on any atom is -0.490 e. The Hall–Kier alpha value is -5.38. The van der Waals surface area contributed by atoms with Gasteiger partial charge in [-0.25, -0.2) is 9.97 Å². The Morgan fingerprint density at radius 3 is 1.91 bits per heavy atom. The second-order valence-corrected chi connectivity index (χ2v) is 11.3. The van der Waals surface area contributed by atoms with Crippen LogP contribution in [0.1, 0.15) is 31.4 Å². The molecule has 0 atom stereocenters. The van der Waals surface area contributed by atoms with Crippen LogP contribution in [-0.4, -0.2) is 80.2 Å². The number of hydrogen-bond donors (Lipinski definition) is 0. The van der Waals surface area contributed by atoms with Crippen molar-refractivity contribution in [1.82, 2.24) is 30.0 Å². The van der Waals surface area contributed by atoms with Gasteiger partial charge in [0.1, 0.15) is 30.0 Å². The lowest BCUT2D eigenvalue weighted by Crippen LogP contribution is -2.41. The Morgan fingerprint density at radius 1 is 0.761 bits per heavy atom. The molecule has 234 valence electrons. The molecule has 0 N–H and O–H groups in total. The normalized spacial score (nSPS) is 15.9. The van der Waals surface area contributed by atoms with Crippen molar-refractivity contribution in [3.8, 4) is 33.9 Å². The molecule has 4 heterocycles. The molecule has 6 rings (SSSR count). The number of piperidine rings is 2. The molecule has 2 aliphatic rings. The predicted octanol–water partition coefficient (Wildman–Crippen LogP) is 5.24. The predicted molar refractivity (Wildman–Crippen MR) is 175 cm³/mol. The molecule has 0 bridgehead atoms. The molecule has 2 aromatic heterocycles. The minimum absolute atomic E-state index is 0.0305. The van der Waals surface area contributed by atoms with Gasteiger partial charge in [-0.1, -0.05) is 18.7 Å². The van der Waals surface area contributed by atoms with E-state index in [2.05, 4.69) is 26.7 Å². The van der Waals surface area contributed by atoms with Gasteiger partial charge < -0.3 is 19.3 Å². The van der Waals surface area contributed by atoms with Gasteiger partial charge in [0.15, 0.2) is 0 Å². The largest absolute Gasteiger partial charge is 0.490 e. The highest BCUT2D eigenvalue weighted by Gasteiger charge is 2.24. The van der Waals surface area contributed by atoms with E-state index >= 15 is 0 Å². The average Bonchev–Trinajstić information content (AvgIpc) is 3.12. The smallest absolute Gasteiger partial charge is 0.246 e. The van der Waals surface area contributed by atoms with E-state index in [-0.39, 0.29) is 24.0 Å². The maximum Gasteiger partial charge on any atom is 0.246 e. The first-order valence-corrected chi connectivity index (χ1v) is 15.6. The van der Waals surface area contributed by atoms with Gasteiger partial charge in [-0.05, 0) is 66.2 Å². The maximum absolute atomic E-state index is 12.9. The third-order valence-corrected chi connectivity index (χ3v) is 8.28. The number of nitrogens with zero attached hydrogens (tertiary/aromatic N) is 6. The molecule has 46 heavy (non-hydrogen) atoms. The van der Waals surface area contributed by atoms with Crippen LogP contribution in [0.25, 0.3) is 28.5 Å². The molecule has 2 saturated heterocycles. The van der Waals surface area contributed by atoms with Gasteiger partial charge >= 0.3 is 0 Å². The number of benzene rings is 2. The van der Waals surface area contributed by atoms with Gasteiger partial charge in [0, 0.05) is 75.3 Å². The van der Waals surface area contributed by atoms with E-state index in [0.29, 0.717) is 31.9 Å². The number of rotatable bonds is 9. The van der Waals surface area contributed by atoms with Gasteiger partial charge in [-0.15, -0.1) is 0 Å². The van der Waals surface area contributed by atoms with Crippen molar-refractivity contribution >= 4 is 17.9 Å². The highest BCUT2D eigenvalue weighted by molar-refractivity contribution is 5.91. The lowest BCUT2D eigenvalue weighted by atomic mass is 10.1. The lowest BCUT2D eigenvalue weighted by Gasteiger charge is -2.31. The Kier molecular flexibility index (Phi) is 9.72. The molecule has 10 nitrogen and oxygen atoms in total. The molecule has 2 amide bonds. The molecule has 0 spiro atoms. The van der Waals surface area contributed by atoms with Crippen molar-refractivity contribution in [2.75, 3.05) is 26.2 Å². The Balaban J connectivity index is 0.969. The van der Waals surface area contributed by atoms with E-state index in [1.54, 1.807) is 29.4 Å². The van der Waals surface area contributed by atoms with Gasteiger partial charge in [-0.3, -0.25) is 9.59 Å². The minimum atomic E-state index is -0.0546. The van der Waals surface area contributed by atoms with E-state index in [1.807, 2.05) is 65.6 Å². The third-order valence-electron chi connectivity index (χ3n) is 8.28. The van der Waals surface area contributed by atoms with Gasteiger partial charge in [0.05, 0.1) is 17.6 Å². The first kappa shape index (κ1) is 30.6. The summed E-state index contributed by atoms with van der Waals surface area (Å²) in [5.41, 5.74) is 4.35. The standard InChI is InChI=1S/C36H36N6O4/c1-2-35(43)41-19-14-32(15-20-41)45-30-8-3-26(4-9-30)28-23-29(40-39-24-28)7-12-36(44)42-21-16-33(17-22-42)46-31-10-5-27(6-11-31)34-13-18-37-25-38-34/h2-13,18,23-25,32-33H,1,14-17,19-22H2/b12-7+. The molecule has 0 radical (unpaired) electrons. The number of carbonyl (C=O) groups is 2. The molecule has 2 aliphatic heterocycles. The summed E-state index contributed by atoms with van der Waals surface area (Å²) < 4.78 is 12.3. The van der Waals surface area contributed by atoms with Gasteiger partial charge in [0.25, 0.3) is 0 Å². The molecule has 0 unspecified atom stereocenters. The number of hydrogen-bond acceptors (Lipinski definition) is 8. The van der Waals surface area contributed by atoms with E-state index in [0.717, 1.165) is 59.6 Å². The van der Waals surface area contributed by atoms with Gasteiger partial charge in [0.2, 0.25) is 11.8 Å².